The van der Waals surface area contributed by atoms with Crippen LogP contribution in [-0.2, 0) is 0 Å². The number of hydrogen-bond acceptors (Lipinski definition) is 0. The van der Waals surface area contributed by atoms with Crippen LogP contribution in [-0.4, -0.2) is 0 Å². The molecule has 0 atom stereocenters. The van der Waals surface area contributed by atoms with E-state index < -0.39 is 0 Å². The maximum Gasteiger partial charge on any atom is -0.0104 e. The molecule has 1 aliphatic rings. The zero-order valence-corrected chi connectivity index (χ0v) is 7.78. The van der Waals surface area contributed by atoms with Crippen LogP contribution in [0.25, 0.3) is 0 Å². The smallest absolute Gasteiger partial charge is 0.0104 e. The van der Waals surface area contributed by atoms with Crippen molar-refractivity contribution in [1.82, 2.24) is 0 Å². The van der Waals surface area contributed by atoms with E-state index in [-0.39, 0.29) is 0 Å². The monoisotopic (exact) mass is 138 g/mol. The van der Waals surface area contributed by atoms with Gasteiger partial charge in [-0.2, -0.15) is 0 Å². The second-order valence-corrected chi connectivity index (χ2v) is 4.38. The third-order valence-electron chi connectivity index (χ3n) is 2.65. The third kappa shape index (κ3) is 1.25. The van der Waals surface area contributed by atoms with Crippen LogP contribution < -0.4 is 0 Å². The Morgan fingerprint density at radius 1 is 1.40 bits per heavy atom. The minimum Gasteiger partial charge on any atom is -0.0710 e. The van der Waals surface area contributed by atoms with Gasteiger partial charge in [0.25, 0.3) is 0 Å². The molecule has 0 bridgehead atoms. The number of allylic oxidation sites excluding steroid dienone is 2. The molecular weight excluding hydrogens is 120 g/mol. The first kappa shape index (κ1) is 7.84. The van der Waals surface area contributed by atoms with Crippen molar-refractivity contribution >= 4 is 0 Å². The molecule has 0 heteroatoms. The molecule has 0 nitrogen and oxygen atoms in total. The van der Waals surface area contributed by atoms with E-state index in [0.717, 1.165) is 5.92 Å². The summed E-state index contributed by atoms with van der Waals surface area (Å²) in [5.41, 5.74) is 3.86. The topological polar surface area (TPSA) is 0 Å². The molecule has 0 N–H and O–H groups in total. The number of hydrogen-bond donors (Lipinski definition) is 0. The summed E-state index contributed by atoms with van der Waals surface area (Å²) in [6.45, 7) is 11.5. The van der Waals surface area contributed by atoms with E-state index in [1.165, 1.54) is 6.42 Å². The second kappa shape index (κ2) is 2.11. The molecule has 58 valence electrons. The minimum absolute atomic E-state index is 0.550. The van der Waals surface area contributed by atoms with Crippen LogP contribution in [0.5, 0.6) is 0 Å². The van der Waals surface area contributed by atoms with Gasteiger partial charge in [-0.3, -0.25) is 0 Å². The maximum atomic E-state index is 2.33. The van der Waals surface area contributed by atoms with Gasteiger partial charge in [-0.25, -0.2) is 0 Å². The summed E-state index contributed by atoms with van der Waals surface area (Å²) in [6, 6.07) is 0. The molecule has 0 heterocycles. The predicted octanol–water partition coefficient (Wildman–Crippen LogP) is 3.39. The average molecular weight is 138 g/mol. The summed E-state index contributed by atoms with van der Waals surface area (Å²) in [5.74, 6) is 0.747. The van der Waals surface area contributed by atoms with Gasteiger partial charge in [-0.05, 0) is 24.7 Å². The SMILES string of the molecule is CC(=C1CC1(C)C)C(C)C. The lowest BCUT2D eigenvalue weighted by atomic mass is 10.0. The van der Waals surface area contributed by atoms with E-state index in [1.54, 1.807) is 11.1 Å². The van der Waals surface area contributed by atoms with Gasteiger partial charge >= 0.3 is 0 Å². The van der Waals surface area contributed by atoms with E-state index in [1.807, 2.05) is 0 Å². The standard InChI is InChI=1S/C10H18/c1-7(2)8(3)9-6-10(9,4)5/h7H,6H2,1-5H3. The van der Waals surface area contributed by atoms with Gasteiger partial charge < -0.3 is 0 Å². The minimum atomic E-state index is 0.550. The van der Waals surface area contributed by atoms with E-state index >= 15 is 0 Å². The molecule has 0 spiro atoms. The third-order valence-corrected chi connectivity index (χ3v) is 2.65. The molecule has 0 radical (unpaired) electrons. The molecule has 0 aliphatic heterocycles. The Balaban J connectivity index is 2.73. The molecule has 1 aliphatic carbocycles. The van der Waals surface area contributed by atoms with E-state index in [0.29, 0.717) is 5.41 Å². The zero-order chi connectivity index (χ0) is 7.94. The normalized spacial score (nSPS) is 27.0. The van der Waals surface area contributed by atoms with Crippen LogP contribution in [0.3, 0.4) is 0 Å². The second-order valence-electron chi connectivity index (χ2n) is 4.38. The van der Waals surface area contributed by atoms with Crippen LogP contribution in [0.2, 0.25) is 0 Å². The summed E-state index contributed by atoms with van der Waals surface area (Å²) in [5, 5.41) is 0. The highest BCUT2D eigenvalue weighted by atomic mass is 14.4. The van der Waals surface area contributed by atoms with Gasteiger partial charge in [0.2, 0.25) is 0 Å². The fourth-order valence-electron chi connectivity index (χ4n) is 1.42. The summed E-state index contributed by atoms with van der Waals surface area (Å²) >= 11 is 0. The van der Waals surface area contributed by atoms with Crippen LogP contribution in [0.1, 0.15) is 41.0 Å². The Hall–Kier alpha value is -0.260. The summed E-state index contributed by atoms with van der Waals surface area (Å²) in [7, 11) is 0. The highest BCUT2D eigenvalue weighted by molar-refractivity contribution is 5.35. The van der Waals surface area contributed by atoms with Crippen LogP contribution in [0.15, 0.2) is 11.1 Å². The Bertz CT molecular complexity index is 170. The van der Waals surface area contributed by atoms with E-state index in [9.17, 15) is 0 Å². The molecule has 0 amide bonds. The Labute approximate surface area is 64.3 Å². The molecule has 0 aromatic rings. The Morgan fingerprint density at radius 3 is 1.90 bits per heavy atom. The summed E-state index contributed by atoms with van der Waals surface area (Å²) in [4.78, 5) is 0. The fourth-order valence-corrected chi connectivity index (χ4v) is 1.42. The van der Waals surface area contributed by atoms with Crippen molar-refractivity contribution < 1.29 is 0 Å². The van der Waals surface area contributed by atoms with Crippen LogP contribution in [0, 0.1) is 11.3 Å². The van der Waals surface area contributed by atoms with Crippen molar-refractivity contribution in [1.29, 1.82) is 0 Å². The molecule has 0 saturated heterocycles. The lowest BCUT2D eigenvalue weighted by molar-refractivity contribution is 0.673. The molecule has 0 aromatic heterocycles. The lowest BCUT2D eigenvalue weighted by Gasteiger charge is -2.05. The first-order valence-electron chi connectivity index (χ1n) is 4.15. The van der Waals surface area contributed by atoms with Gasteiger partial charge in [0.05, 0.1) is 0 Å². The van der Waals surface area contributed by atoms with Crippen molar-refractivity contribution in [3.05, 3.63) is 11.1 Å². The van der Waals surface area contributed by atoms with Crippen molar-refractivity contribution in [2.75, 3.05) is 0 Å². The van der Waals surface area contributed by atoms with Gasteiger partial charge in [0.1, 0.15) is 0 Å². The summed E-state index contributed by atoms with van der Waals surface area (Å²) in [6.07, 6.45) is 1.33. The molecule has 1 saturated carbocycles. The van der Waals surface area contributed by atoms with Gasteiger partial charge in [0.15, 0.2) is 0 Å². The maximum absolute atomic E-state index is 2.33. The van der Waals surface area contributed by atoms with Crippen molar-refractivity contribution in [3.8, 4) is 0 Å². The summed E-state index contributed by atoms with van der Waals surface area (Å²) < 4.78 is 0. The molecule has 10 heavy (non-hydrogen) atoms. The highest BCUT2D eigenvalue weighted by Gasteiger charge is 2.40. The average Bonchev–Trinajstić information content (AvgIpc) is 2.38. The quantitative estimate of drug-likeness (QED) is 0.487. The number of rotatable bonds is 1. The van der Waals surface area contributed by atoms with Crippen LogP contribution >= 0.6 is 0 Å². The van der Waals surface area contributed by atoms with Crippen molar-refractivity contribution in [2.45, 2.75) is 41.0 Å². The van der Waals surface area contributed by atoms with Gasteiger partial charge in [-0.15, -0.1) is 0 Å². The van der Waals surface area contributed by atoms with Crippen LogP contribution in [0.4, 0.5) is 0 Å². The first-order valence-corrected chi connectivity index (χ1v) is 4.15. The van der Waals surface area contributed by atoms with Crippen molar-refractivity contribution in [3.63, 3.8) is 0 Å². The molecule has 1 rings (SSSR count). The highest BCUT2D eigenvalue weighted by Crippen LogP contribution is 2.53. The van der Waals surface area contributed by atoms with Gasteiger partial charge in [-0.1, -0.05) is 38.8 Å². The first-order chi connectivity index (χ1) is 4.45. The lowest BCUT2D eigenvalue weighted by Crippen LogP contribution is -1.91. The Morgan fingerprint density at radius 2 is 1.80 bits per heavy atom. The van der Waals surface area contributed by atoms with Crippen molar-refractivity contribution in [2.24, 2.45) is 11.3 Å². The Kier molecular flexibility index (Phi) is 1.66. The molecule has 1 fully saturated rings. The largest absolute Gasteiger partial charge is 0.0710 e. The molecule has 0 aromatic carbocycles. The molecular formula is C10H18. The van der Waals surface area contributed by atoms with Gasteiger partial charge in [0, 0.05) is 0 Å². The van der Waals surface area contributed by atoms with E-state index in [4.69, 9.17) is 0 Å². The molecule has 0 unspecified atom stereocenters. The van der Waals surface area contributed by atoms with E-state index in [2.05, 4.69) is 34.6 Å². The zero-order valence-electron chi connectivity index (χ0n) is 7.78. The fraction of sp³-hybridized carbons (Fsp3) is 0.800. The predicted molar refractivity (Wildman–Crippen MR) is 45.9 cm³/mol.